The molecule has 19 heavy (non-hydrogen) atoms. The fraction of sp³-hybridized carbons (Fsp3) is 0.533. The molecule has 2 aliphatic rings. The number of piperidine rings is 1. The van der Waals surface area contributed by atoms with Crippen LogP contribution in [0.15, 0.2) is 24.3 Å². The lowest BCUT2D eigenvalue weighted by Gasteiger charge is -2.25. The van der Waals surface area contributed by atoms with Crippen molar-refractivity contribution in [3.8, 4) is 0 Å². The van der Waals surface area contributed by atoms with E-state index in [2.05, 4.69) is 10.6 Å². The predicted octanol–water partition coefficient (Wildman–Crippen LogP) is 0.760. The average molecular weight is 260 g/mol. The van der Waals surface area contributed by atoms with Crippen molar-refractivity contribution < 1.29 is 9.90 Å². The Morgan fingerprint density at radius 2 is 2.21 bits per heavy atom. The Morgan fingerprint density at radius 1 is 1.37 bits per heavy atom. The number of hydrogen-bond acceptors (Lipinski definition) is 3. The first-order valence-corrected chi connectivity index (χ1v) is 7.02. The second-order valence-corrected chi connectivity index (χ2v) is 5.50. The van der Waals surface area contributed by atoms with E-state index in [4.69, 9.17) is 0 Å². The van der Waals surface area contributed by atoms with E-state index in [0.29, 0.717) is 6.42 Å². The lowest BCUT2D eigenvalue weighted by atomic mass is 9.97. The number of fused-ring (bicyclic) bond motifs is 1. The first-order chi connectivity index (χ1) is 9.25. The molecule has 102 valence electrons. The van der Waals surface area contributed by atoms with Gasteiger partial charge in [-0.2, -0.15) is 0 Å². The zero-order chi connectivity index (χ0) is 13.2. The first kappa shape index (κ1) is 12.6. The number of benzene rings is 1. The molecule has 3 atom stereocenters. The highest BCUT2D eigenvalue weighted by molar-refractivity contribution is 5.79. The van der Waals surface area contributed by atoms with Crippen LogP contribution in [0, 0.1) is 5.92 Å². The number of carbonyl (C=O) groups excluding carboxylic acids is 1. The zero-order valence-electron chi connectivity index (χ0n) is 10.9. The molecular formula is C15H20N2O2. The predicted molar refractivity (Wildman–Crippen MR) is 72.6 cm³/mol. The van der Waals surface area contributed by atoms with Crippen molar-refractivity contribution in [1.29, 1.82) is 0 Å². The van der Waals surface area contributed by atoms with E-state index >= 15 is 0 Å². The van der Waals surface area contributed by atoms with E-state index in [0.717, 1.165) is 37.1 Å². The molecule has 1 saturated heterocycles. The van der Waals surface area contributed by atoms with E-state index in [1.165, 1.54) is 0 Å². The maximum atomic E-state index is 12.2. The fourth-order valence-corrected chi connectivity index (χ4v) is 3.09. The summed E-state index contributed by atoms with van der Waals surface area (Å²) in [5, 5.41) is 16.4. The summed E-state index contributed by atoms with van der Waals surface area (Å²) in [4.78, 5) is 12.2. The van der Waals surface area contributed by atoms with Crippen molar-refractivity contribution in [2.75, 3.05) is 13.1 Å². The van der Waals surface area contributed by atoms with Crippen molar-refractivity contribution in [1.82, 2.24) is 10.6 Å². The van der Waals surface area contributed by atoms with Crippen LogP contribution in [-0.4, -0.2) is 30.2 Å². The highest BCUT2D eigenvalue weighted by Crippen LogP contribution is 2.31. The maximum Gasteiger partial charge on any atom is 0.224 e. The van der Waals surface area contributed by atoms with Crippen molar-refractivity contribution in [2.24, 2.45) is 5.92 Å². The van der Waals surface area contributed by atoms with Crippen LogP contribution < -0.4 is 10.6 Å². The summed E-state index contributed by atoms with van der Waals surface area (Å²) in [6, 6.07) is 7.70. The average Bonchev–Trinajstić information content (AvgIpc) is 2.76. The number of amides is 1. The van der Waals surface area contributed by atoms with Gasteiger partial charge < -0.3 is 15.7 Å². The zero-order valence-corrected chi connectivity index (χ0v) is 10.9. The van der Waals surface area contributed by atoms with Gasteiger partial charge in [0.05, 0.1) is 18.1 Å². The van der Waals surface area contributed by atoms with Gasteiger partial charge in [0.15, 0.2) is 0 Å². The van der Waals surface area contributed by atoms with Crippen LogP contribution in [0.2, 0.25) is 0 Å². The Hall–Kier alpha value is -1.39. The van der Waals surface area contributed by atoms with Crippen LogP contribution >= 0.6 is 0 Å². The minimum atomic E-state index is -0.502. The lowest BCUT2D eigenvalue weighted by molar-refractivity contribution is -0.127. The summed E-state index contributed by atoms with van der Waals surface area (Å²) in [6.07, 6.45) is 2.10. The number of hydrogen-bond donors (Lipinski definition) is 3. The van der Waals surface area contributed by atoms with Gasteiger partial charge in [-0.1, -0.05) is 24.3 Å². The second kappa shape index (κ2) is 5.31. The minimum absolute atomic E-state index is 0.0358. The Kier molecular flexibility index (Phi) is 3.53. The van der Waals surface area contributed by atoms with E-state index < -0.39 is 6.10 Å². The first-order valence-electron chi connectivity index (χ1n) is 7.02. The number of carbonyl (C=O) groups is 1. The molecule has 1 fully saturated rings. The molecule has 0 bridgehead atoms. The third-order valence-corrected chi connectivity index (χ3v) is 4.17. The Morgan fingerprint density at radius 3 is 3.00 bits per heavy atom. The molecule has 1 aromatic rings. The van der Waals surface area contributed by atoms with Gasteiger partial charge in [0.1, 0.15) is 0 Å². The molecule has 1 amide bonds. The van der Waals surface area contributed by atoms with Gasteiger partial charge in [-0.15, -0.1) is 0 Å². The van der Waals surface area contributed by atoms with Gasteiger partial charge in [0.25, 0.3) is 0 Å². The smallest absolute Gasteiger partial charge is 0.224 e. The van der Waals surface area contributed by atoms with Gasteiger partial charge in [-0.3, -0.25) is 4.79 Å². The van der Waals surface area contributed by atoms with Crippen molar-refractivity contribution in [3.63, 3.8) is 0 Å². The summed E-state index contributed by atoms with van der Waals surface area (Å²) >= 11 is 0. The van der Waals surface area contributed by atoms with Gasteiger partial charge in [0.2, 0.25) is 5.91 Å². The molecule has 0 unspecified atom stereocenters. The number of nitrogens with one attached hydrogen (secondary N) is 2. The molecule has 1 aliphatic carbocycles. The van der Waals surface area contributed by atoms with Crippen molar-refractivity contribution >= 4 is 5.91 Å². The Bertz CT molecular complexity index is 469. The molecule has 3 N–H and O–H groups in total. The van der Waals surface area contributed by atoms with Gasteiger partial charge in [-0.25, -0.2) is 0 Å². The summed E-state index contributed by atoms with van der Waals surface area (Å²) in [5.41, 5.74) is 2.20. The van der Waals surface area contributed by atoms with Crippen molar-refractivity contribution in [3.05, 3.63) is 35.4 Å². The summed E-state index contributed by atoms with van der Waals surface area (Å²) in [5.74, 6) is 0.0988. The fourth-order valence-electron chi connectivity index (χ4n) is 3.09. The summed E-state index contributed by atoms with van der Waals surface area (Å²) < 4.78 is 0. The van der Waals surface area contributed by atoms with Crippen LogP contribution in [-0.2, 0) is 11.2 Å². The van der Waals surface area contributed by atoms with E-state index in [9.17, 15) is 9.90 Å². The maximum absolute atomic E-state index is 12.2. The lowest BCUT2D eigenvalue weighted by Crippen LogP contribution is -2.43. The van der Waals surface area contributed by atoms with Crippen LogP contribution in [0.4, 0.5) is 0 Å². The van der Waals surface area contributed by atoms with Gasteiger partial charge >= 0.3 is 0 Å². The number of aliphatic hydroxyl groups excluding tert-OH is 1. The molecule has 4 nitrogen and oxygen atoms in total. The van der Waals surface area contributed by atoms with Crippen LogP contribution in [0.5, 0.6) is 0 Å². The Labute approximate surface area is 113 Å². The van der Waals surface area contributed by atoms with Crippen molar-refractivity contribution in [2.45, 2.75) is 31.4 Å². The van der Waals surface area contributed by atoms with E-state index in [-0.39, 0.29) is 17.9 Å². The molecule has 1 aromatic carbocycles. The quantitative estimate of drug-likeness (QED) is 0.736. The molecule has 4 heteroatoms. The van der Waals surface area contributed by atoms with E-state index in [1.807, 2.05) is 24.3 Å². The molecule has 3 rings (SSSR count). The highest BCUT2D eigenvalue weighted by Gasteiger charge is 2.33. The molecule has 0 spiro atoms. The molecular weight excluding hydrogens is 240 g/mol. The van der Waals surface area contributed by atoms with Crippen LogP contribution in [0.3, 0.4) is 0 Å². The second-order valence-electron chi connectivity index (χ2n) is 5.50. The number of rotatable bonds is 2. The van der Waals surface area contributed by atoms with Gasteiger partial charge in [-0.05, 0) is 30.5 Å². The Balaban J connectivity index is 1.71. The third kappa shape index (κ3) is 2.51. The van der Waals surface area contributed by atoms with Crippen LogP contribution in [0.25, 0.3) is 0 Å². The SMILES string of the molecule is O=C(N[C@H]1c2ccccc2C[C@H]1O)[C@@H]1CCCNC1. The summed E-state index contributed by atoms with van der Waals surface area (Å²) in [6.45, 7) is 1.75. The van der Waals surface area contributed by atoms with Gasteiger partial charge in [0, 0.05) is 13.0 Å². The molecule has 0 aromatic heterocycles. The standard InChI is InChI=1S/C15H20N2O2/c18-13-8-10-4-1-2-6-12(10)14(13)17-15(19)11-5-3-7-16-9-11/h1-2,4,6,11,13-14,16,18H,3,5,7-9H2,(H,17,19)/t11-,13-,14+/m1/s1. The highest BCUT2D eigenvalue weighted by atomic mass is 16.3. The monoisotopic (exact) mass is 260 g/mol. The topological polar surface area (TPSA) is 61.4 Å². The molecule has 1 heterocycles. The third-order valence-electron chi connectivity index (χ3n) is 4.17. The number of aliphatic hydroxyl groups is 1. The normalized spacial score (nSPS) is 29.8. The molecule has 0 radical (unpaired) electrons. The minimum Gasteiger partial charge on any atom is -0.390 e. The molecule has 1 aliphatic heterocycles. The summed E-state index contributed by atoms with van der Waals surface area (Å²) in [7, 11) is 0. The largest absolute Gasteiger partial charge is 0.390 e. The molecule has 0 saturated carbocycles. The van der Waals surface area contributed by atoms with Crippen LogP contribution in [0.1, 0.15) is 30.0 Å². The van der Waals surface area contributed by atoms with E-state index in [1.54, 1.807) is 0 Å².